The van der Waals surface area contributed by atoms with E-state index in [0.29, 0.717) is 6.42 Å². The van der Waals surface area contributed by atoms with Gasteiger partial charge in [-0.25, -0.2) is 9.59 Å². The summed E-state index contributed by atoms with van der Waals surface area (Å²) in [4.78, 5) is 22.0. The Hall–Kier alpha value is -1.34. The van der Waals surface area contributed by atoms with Crippen LogP contribution in [0.4, 0.5) is 4.79 Å². The highest BCUT2D eigenvalue weighted by molar-refractivity contribution is 5.79. The van der Waals surface area contributed by atoms with Gasteiger partial charge in [-0.3, -0.25) is 0 Å². The topological polar surface area (TPSA) is 108 Å². The molecular weight excluding hydrogens is 372 g/mol. The summed E-state index contributed by atoms with van der Waals surface area (Å²) in [7, 11) is 0. The van der Waals surface area contributed by atoms with E-state index in [1.165, 1.54) is 64.2 Å². The molecule has 1 unspecified atom stereocenters. The van der Waals surface area contributed by atoms with Crippen LogP contribution in [0.5, 0.6) is 0 Å². The van der Waals surface area contributed by atoms with Crippen LogP contribution in [0.1, 0.15) is 97.8 Å². The molecule has 170 valence electrons. The van der Waals surface area contributed by atoms with Crippen molar-refractivity contribution in [3.05, 3.63) is 0 Å². The first kappa shape index (κ1) is 25.7. The van der Waals surface area contributed by atoms with E-state index in [1.54, 1.807) is 20.8 Å². The minimum atomic E-state index is -1.14. The lowest BCUT2D eigenvalue weighted by Crippen LogP contribution is -2.43. The molecular formula is C22H42N2O5. The first-order chi connectivity index (χ1) is 13.7. The number of carbonyl (C=O) groups excluding carboxylic acids is 1. The van der Waals surface area contributed by atoms with E-state index in [9.17, 15) is 9.59 Å². The number of aliphatic carboxylic acids is 1. The van der Waals surface area contributed by atoms with Crippen molar-refractivity contribution in [2.45, 2.75) is 122 Å². The molecule has 2 aliphatic rings. The normalized spacial score (nSPS) is 19.6. The van der Waals surface area contributed by atoms with Crippen molar-refractivity contribution < 1.29 is 24.5 Å². The second-order valence-electron chi connectivity index (χ2n) is 9.24. The van der Waals surface area contributed by atoms with Gasteiger partial charge < -0.3 is 25.6 Å². The molecule has 2 fully saturated rings. The summed E-state index contributed by atoms with van der Waals surface area (Å²) in [6.07, 6.45) is 14.3. The lowest BCUT2D eigenvalue weighted by atomic mass is 9.91. The zero-order valence-electron chi connectivity index (χ0n) is 18.5. The Morgan fingerprint density at radius 3 is 1.83 bits per heavy atom. The molecule has 4 N–H and O–H groups in total. The molecule has 2 rings (SSSR count). The van der Waals surface area contributed by atoms with Crippen molar-refractivity contribution in [2.24, 2.45) is 0 Å². The molecule has 0 spiro atoms. The summed E-state index contributed by atoms with van der Waals surface area (Å²) < 4.78 is 4.92. The van der Waals surface area contributed by atoms with Gasteiger partial charge in [-0.05, 0) is 59.3 Å². The number of nitrogens with one attached hydrogen (secondary N) is 2. The van der Waals surface area contributed by atoms with Gasteiger partial charge in [0.2, 0.25) is 0 Å². The van der Waals surface area contributed by atoms with E-state index < -0.39 is 23.7 Å². The molecule has 2 aliphatic carbocycles. The van der Waals surface area contributed by atoms with Crippen LogP contribution in [-0.4, -0.2) is 52.6 Å². The van der Waals surface area contributed by atoms with Crippen LogP contribution in [0, 0.1) is 0 Å². The molecule has 0 saturated heterocycles. The summed E-state index contributed by atoms with van der Waals surface area (Å²) in [5.74, 6) is -1.14. The van der Waals surface area contributed by atoms with Crippen molar-refractivity contribution in [1.82, 2.24) is 10.6 Å². The first-order valence-electron chi connectivity index (χ1n) is 11.3. The molecule has 0 aromatic carbocycles. The Labute approximate surface area is 176 Å². The van der Waals surface area contributed by atoms with Gasteiger partial charge in [-0.15, -0.1) is 0 Å². The van der Waals surface area contributed by atoms with Crippen LogP contribution in [0.3, 0.4) is 0 Å². The number of ether oxygens (including phenoxy) is 1. The number of hydrogen-bond donors (Lipinski definition) is 4. The van der Waals surface area contributed by atoms with E-state index in [0.717, 1.165) is 12.1 Å². The van der Waals surface area contributed by atoms with E-state index in [2.05, 4.69) is 10.6 Å². The van der Waals surface area contributed by atoms with Crippen LogP contribution in [0.2, 0.25) is 0 Å². The molecule has 0 aromatic rings. The number of amides is 1. The van der Waals surface area contributed by atoms with E-state index in [1.807, 2.05) is 0 Å². The maximum absolute atomic E-state index is 11.3. The number of aliphatic hydroxyl groups excluding tert-OH is 1. The molecule has 7 nitrogen and oxygen atoms in total. The lowest BCUT2D eigenvalue weighted by Gasteiger charge is -2.30. The highest BCUT2D eigenvalue weighted by Crippen LogP contribution is 2.22. The predicted molar refractivity (Wildman–Crippen MR) is 114 cm³/mol. The fourth-order valence-electron chi connectivity index (χ4n) is 3.87. The molecule has 0 bridgehead atoms. The van der Waals surface area contributed by atoms with Gasteiger partial charge in [-0.2, -0.15) is 0 Å². The molecule has 2 saturated carbocycles. The number of carbonyl (C=O) groups is 2. The Morgan fingerprint density at radius 1 is 0.966 bits per heavy atom. The molecule has 7 heteroatoms. The lowest BCUT2D eigenvalue weighted by molar-refractivity contribution is -0.139. The summed E-state index contributed by atoms with van der Waals surface area (Å²) in [6, 6.07) is 0.718. The third-order valence-electron chi connectivity index (χ3n) is 5.32. The smallest absolute Gasteiger partial charge is 0.408 e. The third-order valence-corrected chi connectivity index (χ3v) is 5.32. The number of carboxylic acids is 1. The van der Waals surface area contributed by atoms with Crippen LogP contribution in [-0.2, 0) is 9.53 Å². The molecule has 1 amide bonds. The molecule has 0 radical (unpaired) electrons. The van der Waals surface area contributed by atoms with Gasteiger partial charge in [0, 0.05) is 18.7 Å². The van der Waals surface area contributed by atoms with E-state index >= 15 is 0 Å². The highest BCUT2D eigenvalue weighted by atomic mass is 16.6. The summed E-state index contributed by atoms with van der Waals surface area (Å²) in [5, 5.41) is 23.5. The van der Waals surface area contributed by atoms with E-state index in [-0.39, 0.29) is 13.0 Å². The largest absolute Gasteiger partial charge is 0.480 e. The van der Waals surface area contributed by atoms with Crippen molar-refractivity contribution in [1.29, 1.82) is 0 Å². The van der Waals surface area contributed by atoms with Gasteiger partial charge >= 0.3 is 12.1 Å². The standard InChI is InChI=1S/C12H23N.C10H19NO5/c1-3-7-11(8-4-1)13-12-9-5-2-6-10-12;1-10(2,3)16-9(15)11-7(8(13)14)5-4-6-12/h11-13H,1-10H2;7,12H,4-6H2,1-3H3,(H,11,15)(H,13,14). The van der Waals surface area contributed by atoms with Crippen LogP contribution in [0.25, 0.3) is 0 Å². The molecule has 0 aromatic heterocycles. The molecule has 0 aliphatic heterocycles. The second-order valence-corrected chi connectivity index (χ2v) is 9.24. The second kappa shape index (κ2) is 13.8. The first-order valence-corrected chi connectivity index (χ1v) is 11.3. The van der Waals surface area contributed by atoms with Gasteiger partial charge in [0.05, 0.1) is 0 Å². The van der Waals surface area contributed by atoms with Crippen molar-refractivity contribution >= 4 is 12.1 Å². The minimum Gasteiger partial charge on any atom is -0.480 e. The summed E-state index contributed by atoms with van der Waals surface area (Å²) in [6.45, 7) is 4.96. The van der Waals surface area contributed by atoms with Crippen molar-refractivity contribution in [3.8, 4) is 0 Å². The number of carboxylic acid groups (broad SMARTS) is 1. The number of hydrogen-bond acceptors (Lipinski definition) is 5. The SMILES string of the molecule is C1CCC(NC2CCCCC2)CC1.CC(C)(C)OC(=O)NC(CCCO)C(=O)O. The number of rotatable bonds is 7. The molecule has 1 atom stereocenters. The van der Waals surface area contributed by atoms with E-state index in [4.69, 9.17) is 14.9 Å². The quantitative estimate of drug-likeness (QED) is 0.502. The average Bonchev–Trinajstić information content (AvgIpc) is 2.65. The Kier molecular flexibility index (Phi) is 12.2. The van der Waals surface area contributed by atoms with Gasteiger partial charge in [0.15, 0.2) is 0 Å². The van der Waals surface area contributed by atoms with Crippen molar-refractivity contribution in [2.75, 3.05) is 6.61 Å². The van der Waals surface area contributed by atoms with Gasteiger partial charge in [0.1, 0.15) is 11.6 Å². The Morgan fingerprint density at radius 2 is 1.45 bits per heavy atom. The monoisotopic (exact) mass is 414 g/mol. The highest BCUT2D eigenvalue weighted by Gasteiger charge is 2.23. The number of alkyl carbamates (subject to hydrolysis) is 1. The Bertz CT molecular complexity index is 450. The van der Waals surface area contributed by atoms with Crippen molar-refractivity contribution in [3.63, 3.8) is 0 Å². The van der Waals surface area contributed by atoms with Crippen LogP contribution >= 0.6 is 0 Å². The number of aliphatic hydroxyl groups is 1. The maximum atomic E-state index is 11.3. The fraction of sp³-hybridized carbons (Fsp3) is 0.909. The molecule has 29 heavy (non-hydrogen) atoms. The van der Waals surface area contributed by atoms with Gasteiger partial charge in [-0.1, -0.05) is 38.5 Å². The van der Waals surface area contributed by atoms with Crippen LogP contribution in [0.15, 0.2) is 0 Å². The van der Waals surface area contributed by atoms with Crippen LogP contribution < -0.4 is 10.6 Å². The fourth-order valence-corrected chi connectivity index (χ4v) is 3.87. The summed E-state index contributed by atoms with van der Waals surface area (Å²) in [5.41, 5.74) is -0.663. The molecule has 0 heterocycles. The summed E-state index contributed by atoms with van der Waals surface area (Å²) >= 11 is 0. The minimum absolute atomic E-state index is 0.111. The maximum Gasteiger partial charge on any atom is 0.408 e. The Balaban J connectivity index is 0.000000294. The predicted octanol–water partition coefficient (Wildman–Crippen LogP) is 3.98. The zero-order valence-corrected chi connectivity index (χ0v) is 18.5. The van der Waals surface area contributed by atoms with Gasteiger partial charge in [0.25, 0.3) is 0 Å². The zero-order chi connectivity index (χ0) is 21.7. The third kappa shape index (κ3) is 12.7. The average molecular weight is 415 g/mol.